The zero-order chi connectivity index (χ0) is 13.3. The lowest BCUT2D eigenvalue weighted by molar-refractivity contribution is 0.0936. The monoisotopic (exact) mass is 331 g/mol. The molecule has 1 aromatic rings. The zero-order valence-electron chi connectivity index (χ0n) is 10.9. The molecular formula is C13H18BrNO2S. The van der Waals surface area contributed by atoms with Crippen molar-refractivity contribution in [2.45, 2.75) is 44.4 Å². The van der Waals surface area contributed by atoms with Crippen molar-refractivity contribution >= 4 is 33.6 Å². The van der Waals surface area contributed by atoms with Gasteiger partial charge in [-0.3, -0.25) is 4.79 Å². The summed E-state index contributed by atoms with van der Waals surface area (Å²) in [7, 11) is 0. The number of hydrogen-bond donors (Lipinski definition) is 1. The maximum atomic E-state index is 12.3. The highest BCUT2D eigenvalue weighted by atomic mass is 79.9. The first-order valence-corrected chi connectivity index (χ1v) is 8.21. The summed E-state index contributed by atoms with van der Waals surface area (Å²) in [6, 6.07) is 0.286. The van der Waals surface area contributed by atoms with E-state index in [1.54, 1.807) is 0 Å². The number of aryl methyl sites for hydroxylation is 2. The molecule has 1 saturated carbocycles. The van der Waals surface area contributed by atoms with Gasteiger partial charge < -0.3 is 9.73 Å². The van der Waals surface area contributed by atoms with Crippen LogP contribution in [0.5, 0.6) is 0 Å². The molecule has 18 heavy (non-hydrogen) atoms. The Morgan fingerprint density at radius 2 is 2.11 bits per heavy atom. The Bertz CT molecular complexity index is 458. The van der Waals surface area contributed by atoms with Crippen LogP contribution < -0.4 is 5.32 Å². The van der Waals surface area contributed by atoms with Crippen molar-refractivity contribution in [3.63, 3.8) is 0 Å². The minimum Gasteiger partial charge on any atom is -0.465 e. The van der Waals surface area contributed by atoms with Crippen LogP contribution in [0.25, 0.3) is 0 Å². The normalized spacial score (nSPS) is 23.3. The van der Waals surface area contributed by atoms with Crippen LogP contribution in [0.4, 0.5) is 0 Å². The van der Waals surface area contributed by atoms with Crippen LogP contribution in [0.1, 0.15) is 41.1 Å². The van der Waals surface area contributed by atoms with Crippen molar-refractivity contribution in [3.8, 4) is 0 Å². The second-order valence-corrected chi connectivity index (χ2v) is 6.56. The van der Waals surface area contributed by atoms with E-state index in [1.165, 1.54) is 12.8 Å². The first kappa shape index (κ1) is 14.0. The Balaban J connectivity index is 2.12. The van der Waals surface area contributed by atoms with Gasteiger partial charge in [0.15, 0.2) is 0 Å². The first-order valence-electron chi connectivity index (χ1n) is 6.13. The van der Waals surface area contributed by atoms with Crippen LogP contribution in [0.15, 0.2) is 8.89 Å². The molecule has 0 bridgehead atoms. The van der Waals surface area contributed by atoms with Gasteiger partial charge >= 0.3 is 0 Å². The summed E-state index contributed by atoms with van der Waals surface area (Å²) in [5.74, 6) is 1.41. The summed E-state index contributed by atoms with van der Waals surface area (Å²) in [5.41, 5.74) is 0.638. The second kappa shape index (κ2) is 5.70. The van der Waals surface area contributed by atoms with E-state index in [4.69, 9.17) is 4.42 Å². The molecule has 2 atom stereocenters. The third kappa shape index (κ3) is 2.62. The third-order valence-electron chi connectivity index (χ3n) is 3.49. The van der Waals surface area contributed by atoms with Crippen LogP contribution in [0.2, 0.25) is 0 Å². The van der Waals surface area contributed by atoms with E-state index >= 15 is 0 Å². The van der Waals surface area contributed by atoms with Gasteiger partial charge in [0.2, 0.25) is 0 Å². The number of nitrogens with one attached hydrogen (secondary N) is 1. The van der Waals surface area contributed by atoms with E-state index in [-0.39, 0.29) is 11.9 Å². The van der Waals surface area contributed by atoms with Crippen LogP contribution >= 0.6 is 27.7 Å². The van der Waals surface area contributed by atoms with Crippen LogP contribution in [0, 0.1) is 13.8 Å². The van der Waals surface area contributed by atoms with Crippen LogP contribution in [0.3, 0.4) is 0 Å². The maximum absolute atomic E-state index is 12.3. The molecule has 0 aromatic carbocycles. The highest BCUT2D eigenvalue weighted by Crippen LogP contribution is 2.30. The molecule has 1 aliphatic carbocycles. The standard InChI is InChI=1S/C13H18BrNO2S/c1-7-11(12(14)8(2)17-7)13(16)15-9-5-4-6-10(9)18-3/h9-10H,4-6H2,1-3H3,(H,15,16)/t9-,10+/m1/s1. The molecule has 1 amide bonds. The minimum atomic E-state index is -0.0258. The Morgan fingerprint density at radius 3 is 2.67 bits per heavy atom. The number of amides is 1. The van der Waals surface area contributed by atoms with Crippen molar-refractivity contribution in [1.29, 1.82) is 0 Å². The fourth-order valence-electron chi connectivity index (χ4n) is 2.53. The van der Waals surface area contributed by atoms with E-state index in [0.717, 1.165) is 16.7 Å². The highest BCUT2D eigenvalue weighted by molar-refractivity contribution is 9.10. The number of rotatable bonds is 3. The van der Waals surface area contributed by atoms with E-state index < -0.39 is 0 Å². The first-order chi connectivity index (χ1) is 8.54. The molecule has 1 aliphatic rings. The molecule has 5 heteroatoms. The number of thioether (sulfide) groups is 1. The highest BCUT2D eigenvalue weighted by Gasteiger charge is 2.29. The van der Waals surface area contributed by atoms with Crippen molar-refractivity contribution in [3.05, 3.63) is 21.6 Å². The number of carbonyl (C=O) groups excluding carboxylic acids is 1. The summed E-state index contributed by atoms with van der Waals surface area (Å²) >= 11 is 5.26. The Morgan fingerprint density at radius 1 is 1.39 bits per heavy atom. The van der Waals surface area contributed by atoms with Gasteiger partial charge in [-0.05, 0) is 48.9 Å². The predicted octanol–water partition coefficient (Wildman–Crippen LogP) is 3.67. The summed E-state index contributed by atoms with van der Waals surface area (Å²) in [4.78, 5) is 12.3. The van der Waals surface area contributed by atoms with Crippen molar-refractivity contribution in [1.82, 2.24) is 5.32 Å². The van der Waals surface area contributed by atoms with E-state index in [1.807, 2.05) is 25.6 Å². The Labute approximate surface area is 120 Å². The summed E-state index contributed by atoms with van der Waals surface area (Å²) in [6.45, 7) is 3.68. The molecule has 0 spiro atoms. The van der Waals surface area contributed by atoms with Gasteiger partial charge in [0, 0.05) is 11.3 Å². The van der Waals surface area contributed by atoms with Gasteiger partial charge in [0.1, 0.15) is 11.5 Å². The van der Waals surface area contributed by atoms with Gasteiger partial charge in [0.25, 0.3) is 5.91 Å². The fraction of sp³-hybridized carbons (Fsp3) is 0.615. The molecule has 1 fully saturated rings. The lowest BCUT2D eigenvalue weighted by atomic mass is 10.2. The molecule has 3 nitrogen and oxygen atoms in total. The van der Waals surface area contributed by atoms with Crippen LogP contribution in [-0.2, 0) is 0 Å². The van der Waals surface area contributed by atoms with Crippen molar-refractivity contribution < 1.29 is 9.21 Å². The molecule has 1 N–H and O–H groups in total. The lowest BCUT2D eigenvalue weighted by Gasteiger charge is -2.19. The van der Waals surface area contributed by atoms with Crippen LogP contribution in [-0.4, -0.2) is 23.5 Å². The largest absolute Gasteiger partial charge is 0.465 e. The molecule has 0 saturated heterocycles. The summed E-state index contributed by atoms with van der Waals surface area (Å²) in [5, 5.41) is 3.68. The second-order valence-electron chi connectivity index (χ2n) is 4.69. The molecule has 0 unspecified atom stereocenters. The summed E-state index contributed by atoms with van der Waals surface area (Å²) < 4.78 is 6.25. The molecule has 0 radical (unpaired) electrons. The fourth-order valence-corrected chi connectivity index (χ4v) is 4.00. The smallest absolute Gasteiger partial charge is 0.256 e. The lowest BCUT2D eigenvalue weighted by Crippen LogP contribution is -2.38. The van der Waals surface area contributed by atoms with Crippen molar-refractivity contribution in [2.75, 3.05) is 6.26 Å². The number of halogens is 1. The molecule has 1 aromatic heterocycles. The average molecular weight is 332 g/mol. The molecular weight excluding hydrogens is 314 g/mol. The number of hydrogen-bond acceptors (Lipinski definition) is 3. The molecule has 1 heterocycles. The van der Waals surface area contributed by atoms with E-state index in [9.17, 15) is 4.79 Å². The van der Waals surface area contributed by atoms with Gasteiger partial charge in [-0.15, -0.1) is 0 Å². The van der Waals surface area contributed by atoms with E-state index in [0.29, 0.717) is 16.6 Å². The quantitative estimate of drug-likeness (QED) is 0.918. The van der Waals surface area contributed by atoms with Gasteiger partial charge in [-0.1, -0.05) is 6.42 Å². The van der Waals surface area contributed by atoms with E-state index in [2.05, 4.69) is 27.5 Å². The SMILES string of the molecule is CS[C@H]1CCC[C@H]1NC(=O)c1c(C)oc(C)c1Br. The van der Waals surface area contributed by atoms with Gasteiger partial charge in [-0.25, -0.2) is 0 Å². The zero-order valence-corrected chi connectivity index (χ0v) is 13.3. The van der Waals surface area contributed by atoms with Gasteiger partial charge in [-0.2, -0.15) is 11.8 Å². The van der Waals surface area contributed by atoms with Gasteiger partial charge in [0.05, 0.1) is 10.0 Å². The topological polar surface area (TPSA) is 42.2 Å². The van der Waals surface area contributed by atoms with Crippen molar-refractivity contribution in [2.24, 2.45) is 0 Å². The molecule has 100 valence electrons. The minimum absolute atomic E-state index is 0.0258. The Hall–Kier alpha value is -0.420. The third-order valence-corrected chi connectivity index (χ3v) is 5.61. The summed E-state index contributed by atoms with van der Waals surface area (Å²) in [6.07, 6.45) is 5.57. The maximum Gasteiger partial charge on any atom is 0.256 e. The number of carbonyl (C=O) groups is 1. The molecule has 0 aliphatic heterocycles. The predicted molar refractivity (Wildman–Crippen MR) is 78.3 cm³/mol. The molecule has 2 rings (SSSR count). The Kier molecular flexibility index (Phi) is 4.43. The average Bonchev–Trinajstić information content (AvgIpc) is 2.85. The number of furan rings is 1.